The highest BCUT2D eigenvalue weighted by Gasteiger charge is 2.31. The van der Waals surface area contributed by atoms with Gasteiger partial charge in [0.1, 0.15) is 6.10 Å². The molecule has 1 unspecified atom stereocenters. The van der Waals surface area contributed by atoms with Crippen molar-refractivity contribution < 1.29 is 27.8 Å². The topological polar surface area (TPSA) is 62.7 Å². The van der Waals surface area contributed by atoms with Gasteiger partial charge in [-0.2, -0.15) is 13.2 Å². The van der Waals surface area contributed by atoms with Gasteiger partial charge in [0.15, 0.2) is 0 Å². The van der Waals surface area contributed by atoms with E-state index in [1.165, 1.54) is 6.07 Å². The minimum atomic E-state index is -4.44. The molecule has 1 aliphatic rings. The standard InChI is InChI=1S/C26H23F3N2O3/c1-17-4-2-3-5-22(17)18-6-9-23(19(14-18)7-11-25(32)33)31-13-12-21(16-31)34-24-10-8-20(15-30-24)26(27,28)29/h2-11,14-15,21H,12-13,16H2,1H3,(H,32,33). The highest BCUT2D eigenvalue weighted by molar-refractivity contribution is 5.88. The molecule has 5 nitrogen and oxygen atoms in total. The molecule has 1 aliphatic heterocycles. The second-order valence-electron chi connectivity index (χ2n) is 8.12. The van der Waals surface area contributed by atoms with Crippen LogP contribution in [0.4, 0.5) is 18.9 Å². The number of aliphatic carboxylic acids is 1. The number of benzene rings is 2. The predicted octanol–water partition coefficient (Wildman–Crippen LogP) is 5.83. The highest BCUT2D eigenvalue weighted by Crippen LogP contribution is 2.33. The average molecular weight is 468 g/mol. The average Bonchev–Trinajstić information content (AvgIpc) is 3.26. The van der Waals surface area contributed by atoms with Crippen molar-refractivity contribution >= 4 is 17.7 Å². The maximum Gasteiger partial charge on any atom is 0.417 e. The van der Waals surface area contributed by atoms with Gasteiger partial charge in [0.05, 0.1) is 12.1 Å². The third kappa shape index (κ3) is 5.39. The second kappa shape index (κ2) is 9.59. The molecule has 0 amide bonds. The molecule has 0 radical (unpaired) electrons. The molecular formula is C26H23F3N2O3. The molecule has 8 heteroatoms. The molecule has 1 saturated heterocycles. The van der Waals surface area contributed by atoms with Crippen molar-refractivity contribution in [1.82, 2.24) is 4.98 Å². The molecule has 0 saturated carbocycles. The summed E-state index contributed by atoms with van der Waals surface area (Å²) >= 11 is 0. The van der Waals surface area contributed by atoms with Crippen LogP contribution in [-0.4, -0.2) is 35.3 Å². The van der Waals surface area contributed by atoms with Crippen molar-refractivity contribution in [2.24, 2.45) is 0 Å². The van der Waals surface area contributed by atoms with Gasteiger partial charge in [-0.25, -0.2) is 9.78 Å². The Bertz CT molecular complexity index is 1210. The minimum absolute atomic E-state index is 0.140. The summed E-state index contributed by atoms with van der Waals surface area (Å²) in [4.78, 5) is 17.0. The zero-order valence-corrected chi connectivity index (χ0v) is 18.4. The molecule has 1 fully saturated rings. The number of pyridine rings is 1. The van der Waals surface area contributed by atoms with Crippen LogP contribution in [0.15, 0.2) is 66.9 Å². The molecule has 4 rings (SSSR count). The fourth-order valence-electron chi connectivity index (χ4n) is 4.03. The van der Waals surface area contributed by atoms with E-state index < -0.39 is 17.7 Å². The van der Waals surface area contributed by atoms with Crippen LogP contribution in [0.1, 0.15) is 23.1 Å². The van der Waals surface area contributed by atoms with Gasteiger partial charge in [0.25, 0.3) is 0 Å². The Balaban J connectivity index is 1.54. The molecular weight excluding hydrogens is 445 g/mol. The summed E-state index contributed by atoms with van der Waals surface area (Å²) in [5.74, 6) is -0.899. The van der Waals surface area contributed by atoms with Gasteiger partial charge in [-0.1, -0.05) is 30.3 Å². The number of carbonyl (C=O) groups is 1. The Hall–Kier alpha value is -3.81. The van der Waals surface area contributed by atoms with E-state index in [9.17, 15) is 18.0 Å². The van der Waals surface area contributed by atoms with E-state index in [-0.39, 0.29) is 12.0 Å². The van der Waals surface area contributed by atoms with Crippen LogP contribution < -0.4 is 9.64 Å². The molecule has 0 aliphatic carbocycles. The first-order valence-corrected chi connectivity index (χ1v) is 10.8. The molecule has 34 heavy (non-hydrogen) atoms. The molecule has 2 heterocycles. The number of ether oxygens (including phenoxy) is 1. The lowest BCUT2D eigenvalue weighted by Crippen LogP contribution is -2.25. The van der Waals surface area contributed by atoms with Gasteiger partial charge in [-0.05, 0) is 53.5 Å². The zero-order valence-electron chi connectivity index (χ0n) is 18.4. The third-order valence-corrected chi connectivity index (χ3v) is 5.73. The second-order valence-corrected chi connectivity index (χ2v) is 8.12. The summed E-state index contributed by atoms with van der Waals surface area (Å²) in [5.41, 5.74) is 3.96. The maximum atomic E-state index is 12.7. The van der Waals surface area contributed by atoms with Crippen LogP contribution in [0.3, 0.4) is 0 Å². The summed E-state index contributed by atoms with van der Waals surface area (Å²) in [6, 6.07) is 16.1. The Labute approximate surface area is 195 Å². The Kier molecular flexibility index (Phi) is 6.58. The van der Waals surface area contributed by atoms with Gasteiger partial charge >= 0.3 is 12.1 Å². The molecule has 2 aromatic carbocycles. The molecule has 3 aromatic rings. The van der Waals surface area contributed by atoms with Crippen molar-refractivity contribution in [2.75, 3.05) is 18.0 Å². The lowest BCUT2D eigenvalue weighted by atomic mass is 9.97. The van der Waals surface area contributed by atoms with Crippen molar-refractivity contribution in [3.63, 3.8) is 0 Å². The van der Waals surface area contributed by atoms with Gasteiger partial charge in [-0.3, -0.25) is 0 Å². The number of halogens is 3. The zero-order chi connectivity index (χ0) is 24.3. The number of hydrogen-bond donors (Lipinski definition) is 1. The number of aryl methyl sites for hydroxylation is 1. The van der Waals surface area contributed by atoms with Crippen LogP contribution in [0, 0.1) is 6.92 Å². The minimum Gasteiger partial charge on any atom is -0.478 e. The lowest BCUT2D eigenvalue weighted by Gasteiger charge is -2.22. The van der Waals surface area contributed by atoms with Crippen molar-refractivity contribution in [3.05, 3.63) is 83.6 Å². The Morgan fingerprint density at radius 3 is 2.65 bits per heavy atom. The van der Waals surface area contributed by atoms with Crippen LogP contribution in [0.5, 0.6) is 5.88 Å². The number of alkyl halides is 3. The monoisotopic (exact) mass is 468 g/mol. The largest absolute Gasteiger partial charge is 0.478 e. The van der Waals surface area contributed by atoms with E-state index in [0.717, 1.165) is 46.3 Å². The molecule has 0 spiro atoms. The van der Waals surface area contributed by atoms with Crippen LogP contribution in [0.25, 0.3) is 17.2 Å². The number of rotatable bonds is 6. The number of carboxylic acid groups (broad SMARTS) is 1. The normalized spacial score (nSPS) is 16.2. The SMILES string of the molecule is Cc1ccccc1-c1ccc(N2CCC(Oc3ccc(C(F)(F)F)cn3)C2)c(C=CC(=O)O)c1. The molecule has 1 aromatic heterocycles. The first kappa shape index (κ1) is 23.4. The number of hydrogen-bond acceptors (Lipinski definition) is 4. The van der Waals surface area contributed by atoms with E-state index in [0.29, 0.717) is 19.5 Å². The Morgan fingerprint density at radius 1 is 1.18 bits per heavy atom. The first-order valence-electron chi connectivity index (χ1n) is 10.8. The van der Waals surface area contributed by atoms with E-state index in [4.69, 9.17) is 9.84 Å². The molecule has 1 atom stereocenters. The Morgan fingerprint density at radius 2 is 1.97 bits per heavy atom. The molecule has 1 N–H and O–H groups in total. The van der Waals surface area contributed by atoms with E-state index >= 15 is 0 Å². The summed E-state index contributed by atoms with van der Waals surface area (Å²) in [5, 5.41) is 9.14. The highest BCUT2D eigenvalue weighted by atomic mass is 19.4. The van der Waals surface area contributed by atoms with E-state index in [1.807, 2.05) is 49.4 Å². The van der Waals surface area contributed by atoms with Gasteiger partial charge in [-0.15, -0.1) is 0 Å². The fraction of sp³-hybridized carbons (Fsp3) is 0.231. The summed E-state index contributed by atoms with van der Waals surface area (Å²) in [7, 11) is 0. The number of anilines is 1. The molecule has 0 bridgehead atoms. The van der Waals surface area contributed by atoms with Crippen molar-refractivity contribution in [3.8, 4) is 17.0 Å². The van der Waals surface area contributed by atoms with E-state index in [2.05, 4.69) is 9.88 Å². The third-order valence-electron chi connectivity index (χ3n) is 5.73. The maximum absolute atomic E-state index is 12.7. The summed E-state index contributed by atoms with van der Waals surface area (Å²) in [6.07, 6.45) is -0.593. The molecule has 176 valence electrons. The first-order chi connectivity index (χ1) is 16.2. The van der Waals surface area contributed by atoms with Gasteiger partial charge in [0.2, 0.25) is 5.88 Å². The van der Waals surface area contributed by atoms with Crippen molar-refractivity contribution in [2.45, 2.75) is 25.6 Å². The quantitative estimate of drug-likeness (QED) is 0.461. The van der Waals surface area contributed by atoms with Crippen LogP contribution in [0.2, 0.25) is 0 Å². The van der Waals surface area contributed by atoms with Gasteiger partial charge < -0.3 is 14.7 Å². The van der Waals surface area contributed by atoms with Gasteiger partial charge in [0, 0.05) is 37.0 Å². The summed E-state index contributed by atoms with van der Waals surface area (Å²) in [6.45, 7) is 3.18. The van der Waals surface area contributed by atoms with Crippen molar-refractivity contribution in [1.29, 1.82) is 0 Å². The number of carboxylic acids is 1. The number of aromatic nitrogens is 1. The van der Waals surface area contributed by atoms with E-state index in [1.54, 1.807) is 6.08 Å². The fourth-order valence-corrected chi connectivity index (χ4v) is 4.03. The predicted molar refractivity (Wildman–Crippen MR) is 124 cm³/mol. The number of nitrogens with zero attached hydrogens (tertiary/aromatic N) is 2. The van der Waals surface area contributed by atoms with Crippen LogP contribution in [-0.2, 0) is 11.0 Å². The van der Waals surface area contributed by atoms with Crippen LogP contribution >= 0.6 is 0 Å². The lowest BCUT2D eigenvalue weighted by molar-refractivity contribution is -0.138. The smallest absolute Gasteiger partial charge is 0.417 e. The summed E-state index contributed by atoms with van der Waals surface area (Å²) < 4.78 is 44.0.